The van der Waals surface area contributed by atoms with Gasteiger partial charge in [0, 0.05) is 11.1 Å². The summed E-state index contributed by atoms with van der Waals surface area (Å²) in [5.41, 5.74) is 1.30. The largest absolute Gasteiger partial charge is 0.458 e. The molecule has 14 heavy (non-hydrogen) atoms. The third-order valence-corrected chi connectivity index (χ3v) is 2.39. The number of esters is 1. The number of hydrogen-bond acceptors (Lipinski definition) is 3. The molecule has 0 spiro atoms. The third kappa shape index (κ3) is 2.45. The average molecular weight is 196 g/mol. The lowest BCUT2D eigenvalue weighted by Crippen LogP contribution is -2.12. The van der Waals surface area contributed by atoms with Gasteiger partial charge in [0.1, 0.15) is 6.61 Å². The quantitative estimate of drug-likeness (QED) is 0.548. The average Bonchev–Trinajstić information content (AvgIpc) is 2.48. The molecule has 0 saturated heterocycles. The van der Waals surface area contributed by atoms with Crippen LogP contribution in [0, 0.1) is 0 Å². The molecule has 0 amide bonds. The molecule has 1 rings (SSSR count). The summed E-state index contributed by atoms with van der Waals surface area (Å²) in [6.45, 7) is 3.89. The molecule has 78 valence electrons. The first-order chi connectivity index (χ1) is 6.66. The Labute approximate surface area is 84.1 Å². The van der Waals surface area contributed by atoms with Crippen LogP contribution >= 0.6 is 0 Å². The van der Waals surface area contributed by atoms with Crippen molar-refractivity contribution in [3.05, 3.63) is 23.3 Å². The summed E-state index contributed by atoms with van der Waals surface area (Å²) in [5.74, 6) is -0.301. The molecular formula is C11H16O3. The zero-order valence-corrected chi connectivity index (χ0v) is 8.62. The van der Waals surface area contributed by atoms with E-state index >= 15 is 0 Å². The summed E-state index contributed by atoms with van der Waals surface area (Å²) in [7, 11) is 0. The van der Waals surface area contributed by atoms with Gasteiger partial charge in [-0.05, 0) is 26.7 Å². The molecule has 1 heterocycles. The van der Waals surface area contributed by atoms with E-state index in [0.29, 0.717) is 12.0 Å². The maximum atomic E-state index is 11.0. The van der Waals surface area contributed by atoms with E-state index in [1.54, 1.807) is 6.92 Å². The van der Waals surface area contributed by atoms with Crippen LogP contribution in [-0.4, -0.2) is 23.8 Å². The van der Waals surface area contributed by atoms with Gasteiger partial charge in [-0.3, -0.25) is 0 Å². The molecule has 0 bridgehead atoms. The Morgan fingerprint density at radius 2 is 2.36 bits per heavy atom. The molecule has 1 aliphatic rings. The van der Waals surface area contributed by atoms with E-state index in [0.717, 1.165) is 12.0 Å². The highest BCUT2D eigenvalue weighted by Gasteiger charge is 2.25. The molecule has 0 aliphatic carbocycles. The Balaban J connectivity index is 2.52. The summed E-state index contributed by atoms with van der Waals surface area (Å²) < 4.78 is 4.81. The molecular weight excluding hydrogens is 180 g/mol. The Bertz CT molecular complexity index is 276. The fourth-order valence-corrected chi connectivity index (χ4v) is 1.43. The van der Waals surface area contributed by atoms with Crippen molar-refractivity contribution in [1.29, 1.82) is 0 Å². The zero-order valence-electron chi connectivity index (χ0n) is 8.62. The van der Waals surface area contributed by atoms with Gasteiger partial charge in [0.25, 0.3) is 0 Å². The van der Waals surface area contributed by atoms with Gasteiger partial charge in [-0.15, -0.1) is 0 Å². The summed E-state index contributed by atoms with van der Waals surface area (Å²) in [6.07, 6.45) is 4.87. The molecule has 1 unspecified atom stereocenters. The van der Waals surface area contributed by atoms with Crippen LogP contribution in [0.15, 0.2) is 23.3 Å². The van der Waals surface area contributed by atoms with Crippen molar-refractivity contribution in [3.8, 4) is 0 Å². The SMILES string of the molecule is CC=CCCC(O)C1=C(C)C(=O)OC1. The predicted octanol–water partition coefficient (Wildman–Crippen LogP) is 1.58. The van der Waals surface area contributed by atoms with Gasteiger partial charge in [-0.25, -0.2) is 4.79 Å². The second-order valence-electron chi connectivity index (χ2n) is 3.39. The minimum Gasteiger partial charge on any atom is -0.458 e. The minimum atomic E-state index is -0.544. The first-order valence-electron chi connectivity index (χ1n) is 4.82. The van der Waals surface area contributed by atoms with Gasteiger partial charge in [0.15, 0.2) is 0 Å². The zero-order chi connectivity index (χ0) is 10.6. The van der Waals surface area contributed by atoms with Crippen LogP contribution < -0.4 is 0 Å². The topological polar surface area (TPSA) is 46.5 Å². The number of aliphatic hydroxyl groups excluding tert-OH is 1. The Morgan fingerprint density at radius 1 is 1.64 bits per heavy atom. The maximum absolute atomic E-state index is 11.0. The fraction of sp³-hybridized carbons (Fsp3) is 0.545. The lowest BCUT2D eigenvalue weighted by molar-refractivity contribution is -0.135. The molecule has 0 radical (unpaired) electrons. The van der Waals surface area contributed by atoms with Crippen molar-refractivity contribution in [2.75, 3.05) is 6.61 Å². The van der Waals surface area contributed by atoms with Crippen LogP contribution in [0.2, 0.25) is 0 Å². The van der Waals surface area contributed by atoms with Gasteiger partial charge in [-0.2, -0.15) is 0 Å². The van der Waals surface area contributed by atoms with E-state index in [1.165, 1.54) is 0 Å². The lowest BCUT2D eigenvalue weighted by atomic mass is 10.0. The number of cyclic esters (lactones) is 1. The summed E-state index contributed by atoms with van der Waals surface area (Å²) >= 11 is 0. The van der Waals surface area contributed by atoms with E-state index < -0.39 is 6.10 Å². The van der Waals surface area contributed by atoms with Crippen LogP contribution in [0.3, 0.4) is 0 Å². The van der Waals surface area contributed by atoms with E-state index in [4.69, 9.17) is 4.74 Å². The summed E-state index contributed by atoms with van der Waals surface area (Å²) in [4.78, 5) is 11.0. The monoisotopic (exact) mass is 196 g/mol. The highest BCUT2D eigenvalue weighted by molar-refractivity contribution is 5.91. The molecule has 0 aromatic heterocycles. The van der Waals surface area contributed by atoms with Crippen LogP contribution in [-0.2, 0) is 9.53 Å². The maximum Gasteiger partial charge on any atom is 0.334 e. The number of aliphatic hydroxyl groups is 1. The van der Waals surface area contributed by atoms with Crippen molar-refractivity contribution < 1.29 is 14.6 Å². The molecule has 1 aliphatic heterocycles. The van der Waals surface area contributed by atoms with Crippen LogP contribution in [0.25, 0.3) is 0 Å². The van der Waals surface area contributed by atoms with E-state index in [2.05, 4.69) is 0 Å². The summed E-state index contributed by atoms with van der Waals surface area (Å²) in [5, 5.41) is 9.74. The number of carbonyl (C=O) groups is 1. The highest BCUT2D eigenvalue weighted by atomic mass is 16.5. The molecule has 3 nitrogen and oxygen atoms in total. The number of rotatable bonds is 4. The third-order valence-electron chi connectivity index (χ3n) is 2.39. The molecule has 0 saturated carbocycles. The first-order valence-corrected chi connectivity index (χ1v) is 4.82. The molecule has 1 atom stereocenters. The first kappa shape index (κ1) is 11.0. The van der Waals surface area contributed by atoms with Gasteiger partial charge in [0.05, 0.1) is 6.10 Å². The van der Waals surface area contributed by atoms with E-state index in [9.17, 15) is 9.90 Å². The van der Waals surface area contributed by atoms with Gasteiger partial charge in [-0.1, -0.05) is 12.2 Å². The predicted molar refractivity (Wildman–Crippen MR) is 53.7 cm³/mol. The fourth-order valence-electron chi connectivity index (χ4n) is 1.43. The Hall–Kier alpha value is -1.09. The second-order valence-corrected chi connectivity index (χ2v) is 3.39. The lowest BCUT2D eigenvalue weighted by Gasteiger charge is -2.09. The Morgan fingerprint density at radius 3 is 2.86 bits per heavy atom. The van der Waals surface area contributed by atoms with Crippen molar-refractivity contribution in [2.45, 2.75) is 32.8 Å². The van der Waals surface area contributed by atoms with Crippen molar-refractivity contribution in [1.82, 2.24) is 0 Å². The standard InChI is InChI=1S/C11H16O3/c1-3-4-5-6-10(12)9-7-14-11(13)8(9)2/h3-4,10,12H,5-7H2,1-2H3. The van der Waals surface area contributed by atoms with Crippen molar-refractivity contribution >= 4 is 5.97 Å². The molecule has 0 fully saturated rings. The highest BCUT2D eigenvalue weighted by Crippen LogP contribution is 2.21. The second kappa shape index (κ2) is 4.96. The number of hydrogen-bond donors (Lipinski definition) is 1. The minimum absolute atomic E-state index is 0.252. The van der Waals surface area contributed by atoms with Crippen molar-refractivity contribution in [3.63, 3.8) is 0 Å². The number of ether oxygens (including phenoxy) is 1. The van der Waals surface area contributed by atoms with E-state index in [1.807, 2.05) is 19.1 Å². The van der Waals surface area contributed by atoms with Crippen LogP contribution in [0.4, 0.5) is 0 Å². The number of carbonyl (C=O) groups excluding carboxylic acids is 1. The number of allylic oxidation sites excluding steroid dienone is 2. The molecule has 3 heteroatoms. The molecule has 0 aromatic carbocycles. The molecule has 1 N–H and O–H groups in total. The Kier molecular flexibility index (Phi) is 3.89. The smallest absolute Gasteiger partial charge is 0.334 e. The van der Waals surface area contributed by atoms with Crippen LogP contribution in [0.1, 0.15) is 26.7 Å². The van der Waals surface area contributed by atoms with Gasteiger partial charge >= 0.3 is 5.97 Å². The van der Waals surface area contributed by atoms with Crippen molar-refractivity contribution in [2.24, 2.45) is 0 Å². The van der Waals surface area contributed by atoms with Gasteiger partial charge < -0.3 is 9.84 Å². The molecule has 0 aromatic rings. The normalized spacial score (nSPS) is 19.2. The summed E-state index contributed by atoms with van der Waals surface area (Å²) in [6, 6.07) is 0. The van der Waals surface area contributed by atoms with Crippen LogP contribution in [0.5, 0.6) is 0 Å². The van der Waals surface area contributed by atoms with Gasteiger partial charge in [0.2, 0.25) is 0 Å². The van der Waals surface area contributed by atoms with E-state index in [-0.39, 0.29) is 12.6 Å².